The fourth-order valence-electron chi connectivity index (χ4n) is 2.17. The number of rotatable bonds is 6. The minimum absolute atomic E-state index is 0.00716. The number of ether oxygens (including phenoxy) is 1. The molecule has 3 rings (SSSR count). The van der Waals surface area contributed by atoms with Crippen molar-refractivity contribution in [3.8, 4) is 5.75 Å². The number of halogens is 1. The first-order chi connectivity index (χ1) is 12.5. The van der Waals surface area contributed by atoms with Gasteiger partial charge in [-0.2, -0.15) is 5.10 Å². The Hall–Kier alpha value is -2.78. The van der Waals surface area contributed by atoms with Crippen LogP contribution in [0.15, 0.2) is 57.4 Å². The van der Waals surface area contributed by atoms with Crippen molar-refractivity contribution in [2.45, 2.75) is 0 Å². The maximum Gasteiger partial charge on any atom is 0.280 e. The number of carbonyl (C=O) groups is 1. The van der Waals surface area contributed by atoms with E-state index in [1.165, 1.54) is 17.7 Å². The number of hydrogen-bond acceptors (Lipinski definition) is 6. The van der Waals surface area contributed by atoms with E-state index in [4.69, 9.17) is 4.74 Å². The first-order valence-corrected chi connectivity index (χ1v) is 9.07. The van der Waals surface area contributed by atoms with E-state index in [0.29, 0.717) is 10.6 Å². The van der Waals surface area contributed by atoms with Gasteiger partial charge < -0.3 is 4.74 Å². The van der Waals surface area contributed by atoms with Gasteiger partial charge in [-0.25, -0.2) is 5.43 Å². The van der Waals surface area contributed by atoms with Crippen LogP contribution >= 0.6 is 27.3 Å². The maximum atomic E-state index is 11.8. The molecular formula is C17H12BrN3O4S. The summed E-state index contributed by atoms with van der Waals surface area (Å²) in [6.07, 6.45) is 1.35. The lowest BCUT2D eigenvalue weighted by molar-refractivity contribution is -0.384. The number of thiophene rings is 1. The second kappa shape index (κ2) is 8.07. The molecule has 1 aromatic heterocycles. The number of nitrogens with one attached hydrogen (secondary N) is 1. The van der Waals surface area contributed by atoms with Crippen LogP contribution in [0.1, 0.15) is 4.88 Å². The Morgan fingerprint density at radius 2 is 2.15 bits per heavy atom. The van der Waals surface area contributed by atoms with Crippen LogP contribution in [0.25, 0.3) is 10.8 Å². The number of carbonyl (C=O) groups excluding carboxylic acids is 1. The SMILES string of the molecule is O=C(COc1ccc2ccccc2c1Br)N/N=C/c1cc([N+](=O)[O-])cs1. The number of fused-ring (bicyclic) bond motifs is 1. The zero-order valence-electron chi connectivity index (χ0n) is 13.2. The van der Waals surface area contributed by atoms with Crippen LogP contribution < -0.4 is 10.2 Å². The second-order valence-corrected chi connectivity index (χ2v) is 6.88. The summed E-state index contributed by atoms with van der Waals surface area (Å²) in [7, 11) is 0. The molecule has 0 aliphatic carbocycles. The van der Waals surface area contributed by atoms with Gasteiger partial charge in [0.15, 0.2) is 6.61 Å². The lowest BCUT2D eigenvalue weighted by Gasteiger charge is -2.09. The number of hydrazone groups is 1. The van der Waals surface area contributed by atoms with Gasteiger partial charge in [0.2, 0.25) is 0 Å². The van der Waals surface area contributed by atoms with Crippen molar-refractivity contribution in [3.05, 3.63) is 67.3 Å². The third-order valence-corrected chi connectivity index (χ3v) is 5.06. The predicted molar refractivity (Wildman–Crippen MR) is 104 cm³/mol. The van der Waals surface area contributed by atoms with E-state index in [0.717, 1.165) is 26.6 Å². The molecule has 0 bridgehead atoms. The van der Waals surface area contributed by atoms with E-state index in [2.05, 4.69) is 26.5 Å². The van der Waals surface area contributed by atoms with Crippen molar-refractivity contribution >= 4 is 55.8 Å². The minimum atomic E-state index is -0.484. The molecule has 0 aliphatic rings. The van der Waals surface area contributed by atoms with Crippen LogP contribution in [0.5, 0.6) is 5.75 Å². The Bertz CT molecular complexity index is 1000. The molecule has 0 saturated carbocycles. The first-order valence-electron chi connectivity index (χ1n) is 7.39. The summed E-state index contributed by atoms with van der Waals surface area (Å²) in [6, 6.07) is 12.9. The smallest absolute Gasteiger partial charge is 0.280 e. The second-order valence-electron chi connectivity index (χ2n) is 5.15. The van der Waals surface area contributed by atoms with Gasteiger partial charge in [-0.3, -0.25) is 14.9 Å². The summed E-state index contributed by atoms with van der Waals surface area (Å²) < 4.78 is 6.30. The largest absolute Gasteiger partial charge is 0.483 e. The zero-order chi connectivity index (χ0) is 18.5. The molecule has 0 atom stereocenters. The lowest BCUT2D eigenvalue weighted by atomic mass is 10.1. The molecule has 1 N–H and O–H groups in total. The summed E-state index contributed by atoms with van der Waals surface area (Å²) in [5.74, 6) is 0.115. The number of hydrogen-bond donors (Lipinski definition) is 1. The Labute approximate surface area is 160 Å². The molecule has 0 fully saturated rings. The van der Waals surface area contributed by atoms with Crippen LogP contribution in [-0.2, 0) is 4.79 Å². The lowest BCUT2D eigenvalue weighted by Crippen LogP contribution is -2.24. The molecule has 132 valence electrons. The first kappa shape index (κ1) is 18.0. The van der Waals surface area contributed by atoms with E-state index in [9.17, 15) is 14.9 Å². The summed E-state index contributed by atoms with van der Waals surface area (Å²) in [6.45, 7) is -0.209. The third-order valence-electron chi connectivity index (χ3n) is 3.38. The summed E-state index contributed by atoms with van der Waals surface area (Å²) in [4.78, 5) is 22.5. The van der Waals surface area contributed by atoms with Crippen LogP contribution in [0.4, 0.5) is 5.69 Å². The molecule has 1 heterocycles. The van der Waals surface area contributed by atoms with Gasteiger partial charge in [-0.15, -0.1) is 11.3 Å². The molecule has 9 heteroatoms. The summed E-state index contributed by atoms with van der Waals surface area (Å²) in [5, 5.41) is 17.8. The highest BCUT2D eigenvalue weighted by atomic mass is 79.9. The van der Waals surface area contributed by atoms with Crippen molar-refractivity contribution in [2.75, 3.05) is 6.61 Å². The zero-order valence-corrected chi connectivity index (χ0v) is 15.6. The summed E-state index contributed by atoms with van der Waals surface area (Å²) in [5.41, 5.74) is 2.32. The van der Waals surface area contributed by atoms with Gasteiger partial charge in [0.25, 0.3) is 11.6 Å². The van der Waals surface area contributed by atoms with Gasteiger partial charge >= 0.3 is 0 Å². The highest BCUT2D eigenvalue weighted by molar-refractivity contribution is 9.10. The van der Waals surface area contributed by atoms with Crippen LogP contribution in [0.3, 0.4) is 0 Å². The molecule has 3 aromatic rings. The fourth-order valence-corrected chi connectivity index (χ4v) is 3.50. The highest BCUT2D eigenvalue weighted by Crippen LogP contribution is 2.32. The number of benzene rings is 2. The Kier molecular flexibility index (Phi) is 5.59. The average Bonchev–Trinajstić information content (AvgIpc) is 3.11. The average molecular weight is 434 g/mol. The van der Waals surface area contributed by atoms with Crippen LogP contribution in [0.2, 0.25) is 0 Å². The molecule has 0 spiro atoms. The summed E-state index contributed by atoms with van der Waals surface area (Å²) >= 11 is 4.65. The van der Waals surface area contributed by atoms with Crippen LogP contribution in [0, 0.1) is 10.1 Å². The van der Waals surface area contributed by atoms with Crippen molar-refractivity contribution < 1.29 is 14.5 Å². The normalized spacial score (nSPS) is 11.0. The van der Waals surface area contributed by atoms with Crippen molar-refractivity contribution in [2.24, 2.45) is 5.10 Å². The number of nitro groups is 1. The quantitative estimate of drug-likeness (QED) is 0.359. The van der Waals surface area contributed by atoms with Crippen molar-refractivity contribution in [3.63, 3.8) is 0 Å². The monoisotopic (exact) mass is 433 g/mol. The number of nitrogens with zero attached hydrogens (tertiary/aromatic N) is 2. The van der Waals surface area contributed by atoms with Gasteiger partial charge in [0.05, 0.1) is 25.9 Å². The van der Waals surface area contributed by atoms with E-state index < -0.39 is 10.8 Å². The standard InChI is InChI=1S/C17H12BrN3O4S/c18-17-14-4-2-1-3-11(14)5-6-15(17)25-9-16(22)20-19-8-13-7-12(10-26-13)21(23)24/h1-8,10H,9H2,(H,20,22)/b19-8+. The molecule has 0 saturated heterocycles. The third kappa shape index (κ3) is 4.24. The van der Waals surface area contributed by atoms with E-state index in [-0.39, 0.29) is 12.3 Å². The molecule has 7 nitrogen and oxygen atoms in total. The molecular weight excluding hydrogens is 422 g/mol. The number of amides is 1. The van der Waals surface area contributed by atoms with Crippen molar-refractivity contribution in [1.29, 1.82) is 0 Å². The van der Waals surface area contributed by atoms with Crippen molar-refractivity contribution in [1.82, 2.24) is 5.43 Å². The Balaban J connectivity index is 1.56. The molecule has 2 aromatic carbocycles. The Morgan fingerprint density at radius 3 is 2.92 bits per heavy atom. The van der Waals surface area contributed by atoms with Gasteiger partial charge in [-0.1, -0.05) is 30.3 Å². The van der Waals surface area contributed by atoms with Gasteiger partial charge in [0.1, 0.15) is 5.75 Å². The minimum Gasteiger partial charge on any atom is -0.483 e. The highest BCUT2D eigenvalue weighted by Gasteiger charge is 2.09. The van der Waals surface area contributed by atoms with Gasteiger partial charge in [0, 0.05) is 6.07 Å². The molecule has 0 aliphatic heterocycles. The van der Waals surface area contributed by atoms with Gasteiger partial charge in [-0.05, 0) is 32.8 Å². The Morgan fingerprint density at radius 1 is 1.35 bits per heavy atom. The van der Waals surface area contributed by atoms with Crippen LogP contribution in [-0.4, -0.2) is 23.7 Å². The molecule has 0 radical (unpaired) electrons. The predicted octanol–water partition coefficient (Wildman–Crippen LogP) is 4.10. The van der Waals surface area contributed by atoms with E-state index in [1.54, 1.807) is 6.07 Å². The molecule has 26 heavy (non-hydrogen) atoms. The molecule has 1 amide bonds. The van der Waals surface area contributed by atoms with E-state index in [1.807, 2.05) is 30.3 Å². The fraction of sp³-hybridized carbons (Fsp3) is 0.0588. The maximum absolute atomic E-state index is 11.8. The topological polar surface area (TPSA) is 93.8 Å². The van der Waals surface area contributed by atoms with E-state index >= 15 is 0 Å². The molecule has 0 unspecified atom stereocenters.